The second-order valence-corrected chi connectivity index (χ2v) is 5.51. The maximum absolute atomic E-state index is 13.9. The van der Waals surface area contributed by atoms with Crippen LogP contribution in [0.25, 0.3) is 0 Å². The second kappa shape index (κ2) is 7.01. The van der Waals surface area contributed by atoms with E-state index in [1.54, 1.807) is 12.1 Å². The van der Waals surface area contributed by atoms with Gasteiger partial charge in [0.2, 0.25) is 0 Å². The minimum absolute atomic E-state index is 0.101. The molecular formula is C16H25FN2. The predicted molar refractivity (Wildman–Crippen MR) is 77.2 cm³/mol. The molecule has 1 aliphatic rings. The molecule has 2 rings (SSSR count). The van der Waals surface area contributed by atoms with Crippen LogP contribution >= 0.6 is 0 Å². The van der Waals surface area contributed by atoms with Crippen LogP contribution in [0.2, 0.25) is 0 Å². The van der Waals surface area contributed by atoms with Gasteiger partial charge in [-0.25, -0.2) is 4.39 Å². The Labute approximate surface area is 115 Å². The molecule has 0 bridgehead atoms. The predicted octanol–water partition coefficient (Wildman–Crippen LogP) is 3.44. The Bertz CT molecular complexity index is 406. The van der Waals surface area contributed by atoms with Crippen molar-refractivity contribution in [2.75, 3.05) is 6.54 Å². The zero-order valence-corrected chi connectivity index (χ0v) is 11.9. The SMILES string of the molecule is CCC1CCCCCN1Cc1cc(CN)ccc1F. The fraction of sp³-hybridized carbons (Fsp3) is 0.625. The lowest BCUT2D eigenvalue weighted by atomic mass is 10.1. The lowest BCUT2D eigenvalue weighted by Crippen LogP contribution is -2.34. The van der Waals surface area contributed by atoms with E-state index in [9.17, 15) is 4.39 Å². The van der Waals surface area contributed by atoms with E-state index < -0.39 is 0 Å². The molecule has 106 valence electrons. The fourth-order valence-corrected chi connectivity index (χ4v) is 3.00. The van der Waals surface area contributed by atoms with Crippen molar-refractivity contribution in [2.24, 2.45) is 5.73 Å². The highest BCUT2D eigenvalue weighted by Gasteiger charge is 2.20. The molecule has 2 nitrogen and oxygen atoms in total. The normalized spacial score (nSPS) is 21.3. The average Bonchev–Trinajstić information content (AvgIpc) is 2.66. The molecule has 0 spiro atoms. The summed E-state index contributed by atoms with van der Waals surface area (Å²) in [7, 11) is 0. The van der Waals surface area contributed by atoms with Crippen LogP contribution in [-0.4, -0.2) is 17.5 Å². The summed E-state index contributed by atoms with van der Waals surface area (Å²) in [5.74, 6) is -0.101. The summed E-state index contributed by atoms with van der Waals surface area (Å²) in [6.07, 6.45) is 6.24. The Kier molecular flexibility index (Phi) is 5.34. The first-order valence-corrected chi connectivity index (χ1v) is 7.46. The number of halogens is 1. The van der Waals surface area contributed by atoms with Gasteiger partial charge in [-0.05, 0) is 37.4 Å². The van der Waals surface area contributed by atoms with Crippen LogP contribution in [0.15, 0.2) is 18.2 Å². The van der Waals surface area contributed by atoms with Crippen LogP contribution in [0.5, 0.6) is 0 Å². The molecule has 0 aromatic heterocycles. The van der Waals surface area contributed by atoms with Crippen LogP contribution in [0.3, 0.4) is 0 Å². The molecule has 0 amide bonds. The van der Waals surface area contributed by atoms with Crippen LogP contribution in [0, 0.1) is 5.82 Å². The standard InChI is InChI=1S/C16H25FN2/c1-2-15-6-4-3-5-9-19(15)12-14-10-13(11-18)7-8-16(14)17/h7-8,10,15H,2-6,9,11-12,18H2,1H3. The Balaban J connectivity index is 2.13. The van der Waals surface area contributed by atoms with Gasteiger partial charge < -0.3 is 5.73 Å². The van der Waals surface area contributed by atoms with E-state index in [0.717, 1.165) is 30.6 Å². The third-order valence-electron chi connectivity index (χ3n) is 4.19. The van der Waals surface area contributed by atoms with Gasteiger partial charge in [-0.15, -0.1) is 0 Å². The summed E-state index contributed by atoms with van der Waals surface area (Å²) < 4.78 is 13.9. The van der Waals surface area contributed by atoms with Gasteiger partial charge in [-0.2, -0.15) is 0 Å². The van der Waals surface area contributed by atoms with Gasteiger partial charge in [0.15, 0.2) is 0 Å². The zero-order chi connectivity index (χ0) is 13.7. The minimum Gasteiger partial charge on any atom is -0.326 e. The highest BCUT2D eigenvalue weighted by molar-refractivity contribution is 5.25. The average molecular weight is 264 g/mol. The van der Waals surface area contributed by atoms with E-state index in [1.165, 1.54) is 25.7 Å². The summed E-state index contributed by atoms with van der Waals surface area (Å²) in [5, 5.41) is 0. The highest BCUT2D eigenvalue weighted by atomic mass is 19.1. The number of nitrogens with zero attached hydrogens (tertiary/aromatic N) is 1. The number of hydrogen-bond donors (Lipinski definition) is 1. The van der Waals surface area contributed by atoms with Gasteiger partial charge in [-0.1, -0.05) is 31.9 Å². The van der Waals surface area contributed by atoms with E-state index in [4.69, 9.17) is 5.73 Å². The van der Waals surface area contributed by atoms with E-state index in [-0.39, 0.29) is 5.82 Å². The maximum atomic E-state index is 13.9. The summed E-state index contributed by atoms with van der Waals surface area (Å²) in [6.45, 7) is 4.52. The fourth-order valence-electron chi connectivity index (χ4n) is 3.00. The second-order valence-electron chi connectivity index (χ2n) is 5.51. The molecule has 2 N–H and O–H groups in total. The monoisotopic (exact) mass is 264 g/mol. The van der Waals surface area contributed by atoms with Crippen LogP contribution < -0.4 is 5.73 Å². The van der Waals surface area contributed by atoms with Crippen molar-refractivity contribution in [2.45, 2.75) is 58.2 Å². The third-order valence-corrected chi connectivity index (χ3v) is 4.19. The van der Waals surface area contributed by atoms with Crippen molar-refractivity contribution in [1.82, 2.24) is 4.90 Å². The summed E-state index contributed by atoms with van der Waals surface area (Å²) >= 11 is 0. The Hall–Kier alpha value is -0.930. The summed E-state index contributed by atoms with van der Waals surface area (Å²) in [4.78, 5) is 2.45. The van der Waals surface area contributed by atoms with Gasteiger partial charge in [0.1, 0.15) is 5.82 Å². The first kappa shape index (κ1) is 14.5. The molecule has 1 heterocycles. The molecule has 0 saturated carbocycles. The number of hydrogen-bond acceptors (Lipinski definition) is 2. The van der Waals surface area contributed by atoms with Gasteiger partial charge in [0, 0.05) is 24.7 Å². The van der Waals surface area contributed by atoms with Crippen molar-refractivity contribution in [1.29, 1.82) is 0 Å². The van der Waals surface area contributed by atoms with Crippen LogP contribution in [0.4, 0.5) is 4.39 Å². The summed E-state index contributed by atoms with van der Waals surface area (Å²) in [6, 6.07) is 5.85. The van der Waals surface area contributed by atoms with Crippen molar-refractivity contribution in [3.63, 3.8) is 0 Å². The Morgan fingerprint density at radius 3 is 2.89 bits per heavy atom. The third kappa shape index (κ3) is 3.77. The molecule has 1 unspecified atom stereocenters. The molecule has 1 aromatic carbocycles. The molecule has 3 heteroatoms. The number of rotatable bonds is 4. The number of likely N-dealkylation sites (tertiary alicyclic amines) is 1. The molecule has 19 heavy (non-hydrogen) atoms. The molecular weight excluding hydrogens is 239 g/mol. The van der Waals surface area contributed by atoms with E-state index in [1.807, 2.05) is 6.07 Å². The van der Waals surface area contributed by atoms with Gasteiger partial charge in [0.05, 0.1) is 0 Å². The lowest BCUT2D eigenvalue weighted by Gasteiger charge is -2.29. The summed E-state index contributed by atoms with van der Waals surface area (Å²) in [5.41, 5.74) is 7.45. The largest absolute Gasteiger partial charge is 0.326 e. The lowest BCUT2D eigenvalue weighted by molar-refractivity contribution is 0.184. The zero-order valence-electron chi connectivity index (χ0n) is 11.9. The quantitative estimate of drug-likeness (QED) is 0.902. The van der Waals surface area contributed by atoms with Crippen LogP contribution in [-0.2, 0) is 13.1 Å². The van der Waals surface area contributed by atoms with Gasteiger partial charge in [-0.3, -0.25) is 4.90 Å². The van der Waals surface area contributed by atoms with Crippen molar-refractivity contribution in [3.8, 4) is 0 Å². The van der Waals surface area contributed by atoms with Crippen molar-refractivity contribution >= 4 is 0 Å². The maximum Gasteiger partial charge on any atom is 0.127 e. The van der Waals surface area contributed by atoms with Crippen molar-refractivity contribution in [3.05, 3.63) is 35.1 Å². The number of nitrogens with two attached hydrogens (primary N) is 1. The molecule has 1 aromatic rings. The van der Waals surface area contributed by atoms with E-state index >= 15 is 0 Å². The Morgan fingerprint density at radius 1 is 1.32 bits per heavy atom. The molecule has 1 saturated heterocycles. The number of benzene rings is 1. The van der Waals surface area contributed by atoms with E-state index in [2.05, 4.69) is 11.8 Å². The van der Waals surface area contributed by atoms with E-state index in [0.29, 0.717) is 12.6 Å². The molecule has 0 aliphatic carbocycles. The van der Waals surface area contributed by atoms with Gasteiger partial charge >= 0.3 is 0 Å². The Morgan fingerprint density at radius 2 is 2.16 bits per heavy atom. The smallest absolute Gasteiger partial charge is 0.127 e. The first-order valence-electron chi connectivity index (χ1n) is 7.46. The highest BCUT2D eigenvalue weighted by Crippen LogP contribution is 2.22. The van der Waals surface area contributed by atoms with Gasteiger partial charge in [0.25, 0.3) is 0 Å². The molecule has 1 atom stereocenters. The molecule has 1 fully saturated rings. The van der Waals surface area contributed by atoms with Crippen molar-refractivity contribution < 1.29 is 4.39 Å². The minimum atomic E-state index is -0.101. The molecule has 0 radical (unpaired) electrons. The topological polar surface area (TPSA) is 29.3 Å². The first-order chi connectivity index (χ1) is 9.24. The van der Waals surface area contributed by atoms with Crippen LogP contribution in [0.1, 0.15) is 50.2 Å². The molecule has 1 aliphatic heterocycles.